The number of aromatic nitrogens is 1. The second kappa shape index (κ2) is 6.26. The van der Waals surface area contributed by atoms with Crippen LogP contribution in [0.2, 0.25) is 0 Å². The van der Waals surface area contributed by atoms with E-state index in [2.05, 4.69) is 9.71 Å². The third-order valence-electron chi connectivity index (χ3n) is 2.97. The van der Waals surface area contributed by atoms with Crippen molar-refractivity contribution in [2.24, 2.45) is 0 Å². The van der Waals surface area contributed by atoms with E-state index >= 15 is 0 Å². The molecule has 0 bridgehead atoms. The number of benzene rings is 1. The average molecular weight is 340 g/mol. The Kier molecular flexibility index (Phi) is 4.57. The van der Waals surface area contributed by atoms with Crippen molar-refractivity contribution in [2.45, 2.75) is 6.54 Å². The molecule has 8 nitrogen and oxygen atoms in total. The van der Waals surface area contributed by atoms with Crippen LogP contribution in [-0.2, 0) is 16.6 Å². The molecule has 2 aromatic rings. The van der Waals surface area contributed by atoms with Crippen LogP contribution in [0.4, 0.5) is 15.8 Å². The molecular weight excluding hydrogens is 327 g/mol. The maximum atomic E-state index is 13.8. The van der Waals surface area contributed by atoms with Gasteiger partial charge in [0.2, 0.25) is 10.0 Å². The first kappa shape index (κ1) is 16.8. The number of nitro groups is 1. The van der Waals surface area contributed by atoms with E-state index in [9.17, 15) is 22.9 Å². The molecular formula is C13H13FN4O4S. The zero-order valence-electron chi connectivity index (χ0n) is 12.0. The largest absolute Gasteiger partial charge is 0.393 e. The molecule has 10 heteroatoms. The molecule has 1 heterocycles. The Balaban J connectivity index is 2.46. The number of nitrogens with one attached hydrogen (secondary N) is 1. The minimum Gasteiger partial charge on any atom is -0.393 e. The first-order valence-electron chi connectivity index (χ1n) is 6.30. The van der Waals surface area contributed by atoms with Crippen molar-refractivity contribution in [3.05, 3.63) is 52.1 Å². The lowest BCUT2D eigenvalue weighted by Crippen LogP contribution is -2.21. The normalized spacial score (nSPS) is 11.4. The van der Waals surface area contributed by atoms with Crippen LogP contribution >= 0.6 is 0 Å². The lowest BCUT2D eigenvalue weighted by Gasteiger charge is -2.09. The molecule has 1 aromatic carbocycles. The summed E-state index contributed by atoms with van der Waals surface area (Å²) in [5, 5.41) is 10.9. The SMILES string of the molecule is CS(=O)(=O)NCc1cc(F)cc(-c2cncc([N+](=O)[O-])c2N)c1. The number of anilines is 1. The Morgan fingerprint density at radius 2 is 2.04 bits per heavy atom. The van der Waals surface area contributed by atoms with Gasteiger partial charge in [0.1, 0.15) is 17.7 Å². The van der Waals surface area contributed by atoms with Crippen molar-refractivity contribution in [1.29, 1.82) is 0 Å². The second-order valence-electron chi connectivity index (χ2n) is 4.82. The first-order chi connectivity index (χ1) is 10.7. The van der Waals surface area contributed by atoms with Gasteiger partial charge in [-0.3, -0.25) is 15.1 Å². The lowest BCUT2D eigenvalue weighted by molar-refractivity contribution is -0.384. The lowest BCUT2D eigenvalue weighted by atomic mass is 10.0. The molecule has 0 aliphatic heterocycles. The van der Waals surface area contributed by atoms with Crippen molar-refractivity contribution >= 4 is 21.4 Å². The molecule has 0 saturated carbocycles. The summed E-state index contributed by atoms with van der Waals surface area (Å²) in [5.74, 6) is -0.626. The summed E-state index contributed by atoms with van der Waals surface area (Å²) in [4.78, 5) is 13.9. The van der Waals surface area contributed by atoms with E-state index in [4.69, 9.17) is 5.73 Å². The number of rotatable bonds is 5. The zero-order valence-corrected chi connectivity index (χ0v) is 12.8. The average Bonchev–Trinajstić information content (AvgIpc) is 2.43. The molecule has 0 aliphatic carbocycles. The van der Waals surface area contributed by atoms with Crippen LogP contribution in [0, 0.1) is 15.9 Å². The minimum atomic E-state index is -3.44. The van der Waals surface area contributed by atoms with Crippen LogP contribution in [-0.4, -0.2) is 24.6 Å². The van der Waals surface area contributed by atoms with Gasteiger partial charge >= 0.3 is 5.69 Å². The number of sulfonamides is 1. The highest BCUT2D eigenvalue weighted by atomic mass is 32.2. The number of nitrogen functional groups attached to an aromatic ring is 1. The minimum absolute atomic E-state index is 0.119. The van der Waals surface area contributed by atoms with E-state index in [1.165, 1.54) is 12.3 Å². The van der Waals surface area contributed by atoms with Gasteiger partial charge in [0.25, 0.3) is 0 Å². The molecule has 1 aromatic heterocycles. The van der Waals surface area contributed by atoms with E-state index in [0.717, 1.165) is 24.6 Å². The highest BCUT2D eigenvalue weighted by Gasteiger charge is 2.17. The molecule has 3 N–H and O–H groups in total. The number of nitrogens with two attached hydrogens (primary N) is 1. The Bertz CT molecular complexity index is 870. The molecule has 0 atom stereocenters. The van der Waals surface area contributed by atoms with Gasteiger partial charge < -0.3 is 5.73 Å². The van der Waals surface area contributed by atoms with Gasteiger partial charge in [-0.2, -0.15) is 0 Å². The van der Waals surface area contributed by atoms with E-state index in [0.29, 0.717) is 5.56 Å². The van der Waals surface area contributed by atoms with Crippen LogP contribution in [0.25, 0.3) is 11.1 Å². The molecule has 2 rings (SSSR count). The predicted octanol–water partition coefficient (Wildman–Crippen LogP) is 1.43. The fraction of sp³-hybridized carbons (Fsp3) is 0.154. The summed E-state index contributed by atoms with van der Waals surface area (Å²) in [6, 6.07) is 3.78. The van der Waals surface area contributed by atoms with Gasteiger partial charge in [0.15, 0.2) is 0 Å². The van der Waals surface area contributed by atoms with Crippen molar-refractivity contribution < 1.29 is 17.7 Å². The van der Waals surface area contributed by atoms with Crippen LogP contribution in [0.5, 0.6) is 0 Å². The van der Waals surface area contributed by atoms with Crippen molar-refractivity contribution in [3.8, 4) is 11.1 Å². The summed E-state index contributed by atoms with van der Waals surface area (Å²) in [7, 11) is -3.44. The van der Waals surface area contributed by atoms with Crippen molar-refractivity contribution in [1.82, 2.24) is 9.71 Å². The molecule has 23 heavy (non-hydrogen) atoms. The topological polar surface area (TPSA) is 128 Å². The summed E-state index contributed by atoms with van der Waals surface area (Å²) < 4.78 is 38.2. The monoisotopic (exact) mass is 340 g/mol. The maximum Gasteiger partial charge on any atom is 0.310 e. The second-order valence-corrected chi connectivity index (χ2v) is 6.65. The van der Waals surface area contributed by atoms with Gasteiger partial charge in [-0.1, -0.05) is 0 Å². The Hall–Kier alpha value is -2.59. The van der Waals surface area contributed by atoms with Gasteiger partial charge in [-0.25, -0.2) is 17.5 Å². The number of halogens is 1. The van der Waals surface area contributed by atoms with Gasteiger partial charge in [0, 0.05) is 18.3 Å². The number of pyridine rings is 1. The fourth-order valence-corrected chi connectivity index (χ4v) is 2.39. The molecule has 0 unspecified atom stereocenters. The molecule has 0 amide bonds. The third-order valence-corrected chi connectivity index (χ3v) is 3.64. The Labute approximate surface area is 131 Å². The van der Waals surface area contributed by atoms with Crippen LogP contribution in [0.15, 0.2) is 30.6 Å². The highest BCUT2D eigenvalue weighted by Crippen LogP contribution is 2.32. The summed E-state index contributed by atoms with van der Waals surface area (Å²) in [5.41, 5.74) is 6.02. The number of hydrogen-bond acceptors (Lipinski definition) is 6. The van der Waals surface area contributed by atoms with E-state index in [1.807, 2.05) is 0 Å². The number of hydrogen-bond donors (Lipinski definition) is 2. The van der Waals surface area contributed by atoms with Crippen molar-refractivity contribution in [3.63, 3.8) is 0 Å². The standard InChI is InChI=1S/C13H13FN4O4S/c1-23(21,22)17-5-8-2-9(4-10(14)3-8)11-6-16-7-12(13(11)15)18(19)20/h2-4,6-7,17H,5H2,1H3,(H2,15,16). The van der Waals surface area contributed by atoms with Gasteiger partial charge in [-0.05, 0) is 29.3 Å². The van der Waals surface area contributed by atoms with Gasteiger partial charge in [-0.15, -0.1) is 0 Å². The third kappa shape index (κ3) is 4.20. The van der Waals surface area contributed by atoms with E-state index < -0.39 is 20.8 Å². The fourth-order valence-electron chi connectivity index (χ4n) is 1.96. The Morgan fingerprint density at radius 1 is 1.35 bits per heavy atom. The maximum absolute atomic E-state index is 13.8. The number of nitrogens with zero attached hydrogens (tertiary/aromatic N) is 2. The molecule has 0 fully saturated rings. The molecule has 122 valence electrons. The summed E-state index contributed by atoms with van der Waals surface area (Å²) >= 11 is 0. The van der Waals surface area contributed by atoms with E-state index in [1.54, 1.807) is 0 Å². The smallest absolute Gasteiger partial charge is 0.310 e. The molecule has 0 radical (unpaired) electrons. The Morgan fingerprint density at radius 3 is 2.65 bits per heavy atom. The van der Waals surface area contributed by atoms with Crippen LogP contribution in [0.1, 0.15) is 5.56 Å². The quantitative estimate of drug-likeness (QED) is 0.626. The first-order valence-corrected chi connectivity index (χ1v) is 8.19. The van der Waals surface area contributed by atoms with E-state index in [-0.39, 0.29) is 29.0 Å². The zero-order chi connectivity index (χ0) is 17.2. The summed E-state index contributed by atoms with van der Waals surface area (Å²) in [6.45, 7) is -0.119. The molecule has 0 saturated heterocycles. The van der Waals surface area contributed by atoms with Crippen molar-refractivity contribution in [2.75, 3.05) is 12.0 Å². The predicted molar refractivity (Wildman–Crippen MR) is 82.4 cm³/mol. The highest BCUT2D eigenvalue weighted by molar-refractivity contribution is 7.88. The summed E-state index contributed by atoms with van der Waals surface area (Å²) in [6.07, 6.45) is 3.27. The van der Waals surface area contributed by atoms with Crippen LogP contribution < -0.4 is 10.5 Å². The molecule has 0 aliphatic rings. The van der Waals surface area contributed by atoms with Crippen LogP contribution in [0.3, 0.4) is 0 Å². The van der Waals surface area contributed by atoms with Gasteiger partial charge in [0.05, 0.1) is 11.2 Å². The molecule has 0 spiro atoms.